The molecule has 2 aliphatic rings. The average molecular weight is 319 g/mol. The Hall–Kier alpha value is -1.42. The third kappa shape index (κ3) is 4.11. The van der Waals surface area contributed by atoms with Crippen molar-refractivity contribution in [3.8, 4) is 0 Å². The highest BCUT2D eigenvalue weighted by molar-refractivity contribution is 5.76. The van der Waals surface area contributed by atoms with Crippen molar-refractivity contribution < 1.29 is 13.9 Å². The van der Waals surface area contributed by atoms with Gasteiger partial charge in [0.05, 0.1) is 0 Å². The molecule has 126 valence electrons. The van der Waals surface area contributed by atoms with E-state index in [0.717, 1.165) is 24.3 Å². The van der Waals surface area contributed by atoms with Gasteiger partial charge in [0.2, 0.25) is 5.91 Å². The van der Waals surface area contributed by atoms with Gasteiger partial charge in [0.25, 0.3) is 0 Å². The highest BCUT2D eigenvalue weighted by Gasteiger charge is 2.35. The van der Waals surface area contributed by atoms with Crippen LogP contribution in [0.25, 0.3) is 0 Å². The van der Waals surface area contributed by atoms with Gasteiger partial charge in [0, 0.05) is 31.6 Å². The first-order valence-electron chi connectivity index (χ1n) is 8.70. The molecule has 4 heteroatoms. The maximum Gasteiger partial charge on any atom is 0.220 e. The third-order valence-corrected chi connectivity index (χ3v) is 5.44. The number of hydrogen-bond donors (Lipinski definition) is 1. The molecule has 0 aromatic heterocycles. The molecule has 1 saturated carbocycles. The van der Waals surface area contributed by atoms with Gasteiger partial charge in [-0.3, -0.25) is 4.79 Å². The fraction of sp³-hybridized carbons (Fsp3) is 0.632. The summed E-state index contributed by atoms with van der Waals surface area (Å²) in [5.74, 6) is 1.10. The molecule has 0 unspecified atom stereocenters. The summed E-state index contributed by atoms with van der Waals surface area (Å²) in [4.78, 5) is 12.3. The van der Waals surface area contributed by atoms with E-state index in [9.17, 15) is 9.18 Å². The van der Waals surface area contributed by atoms with Gasteiger partial charge in [0.1, 0.15) is 5.82 Å². The molecule has 3 nitrogen and oxygen atoms in total. The molecule has 1 aliphatic carbocycles. The summed E-state index contributed by atoms with van der Waals surface area (Å²) >= 11 is 0. The number of halogens is 1. The monoisotopic (exact) mass is 319 g/mol. The second-order valence-electron chi connectivity index (χ2n) is 7.20. The number of nitrogens with one attached hydrogen (secondary N) is 1. The molecule has 1 amide bonds. The molecule has 3 rings (SSSR count). The molecule has 0 bridgehead atoms. The molecule has 23 heavy (non-hydrogen) atoms. The Morgan fingerprint density at radius 1 is 1.39 bits per heavy atom. The van der Waals surface area contributed by atoms with Crippen molar-refractivity contribution in [2.24, 2.45) is 11.8 Å². The molecule has 1 saturated heterocycles. The summed E-state index contributed by atoms with van der Waals surface area (Å²) in [5.41, 5.74) is 0.759. The molecule has 0 spiro atoms. The minimum Gasteiger partial charge on any atom is -0.381 e. The second kappa shape index (κ2) is 7.00. The van der Waals surface area contributed by atoms with Gasteiger partial charge in [-0.1, -0.05) is 19.1 Å². The zero-order valence-corrected chi connectivity index (χ0v) is 13.8. The average Bonchev–Trinajstić information content (AvgIpc) is 3.39. The van der Waals surface area contributed by atoms with E-state index in [-0.39, 0.29) is 17.1 Å². The number of carbonyl (C=O) groups excluding carboxylic acids is 1. The lowest BCUT2D eigenvalue weighted by Gasteiger charge is -2.38. The van der Waals surface area contributed by atoms with Crippen molar-refractivity contribution in [2.75, 3.05) is 19.8 Å². The van der Waals surface area contributed by atoms with Crippen molar-refractivity contribution in [1.29, 1.82) is 0 Å². The molecule has 1 aliphatic heterocycles. The van der Waals surface area contributed by atoms with Gasteiger partial charge in [-0.2, -0.15) is 0 Å². The molecule has 2 fully saturated rings. The van der Waals surface area contributed by atoms with Crippen LogP contribution in [0.15, 0.2) is 24.3 Å². The highest BCUT2D eigenvalue weighted by atomic mass is 19.1. The number of amides is 1. The zero-order chi connectivity index (χ0) is 16.3. The van der Waals surface area contributed by atoms with Gasteiger partial charge >= 0.3 is 0 Å². The fourth-order valence-corrected chi connectivity index (χ4v) is 3.61. The summed E-state index contributed by atoms with van der Waals surface area (Å²) in [6.07, 6.45) is 4.75. The van der Waals surface area contributed by atoms with Crippen LogP contribution in [0.4, 0.5) is 4.39 Å². The lowest BCUT2D eigenvalue weighted by Crippen LogP contribution is -2.45. The SMILES string of the molecule is C[C@H](CC(=O)NCC1(c2cccc(F)c2)CCOCC1)C1CC1. The van der Waals surface area contributed by atoms with Crippen molar-refractivity contribution in [1.82, 2.24) is 5.32 Å². The van der Waals surface area contributed by atoms with Gasteiger partial charge < -0.3 is 10.1 Å². The van der Waals surface area contributed by atoms with Gasteiger partial charge in [-0.25, -0.2) is 4.39 Å². The van der Waals surface area contributed by atoms with Crippen molar-refractivity contribution in [3.05, 3.63) is 35.6 Å². The van der Waals surface area contributed by atoms with Crippen LogP contribution in [0.3, 0.4) is 0 Å². The predicted octanol–water partition coefficient (Wildman–Crippen LogP) is 3.43. The fourth-order valence-electron chi connectivity index (χ4n) is 3.61. The minimum absolute atomic E-state index is 0.117. The normalized spacial score (nSPS) is 21.7. The molecule has 1 aromatic rings. The molecule has 1 atom stereocenters. The van der Waals surface area contributed by atoms with Crippen LogP contribution in [0.5, 0.6) is 0 Å². The van der Waals surface area contributed by atoms with E-state index < -0.39 is 0 Å². The van der Waals surface area contributed by atoms with E-state index in [1.54, 1.807) is 12.1 Å². The van der Waals surface area contributed by atoms with Crippen molar-refractivity contribution >= 4 is 5.91 Å². The van der Waals surface area contributed by atoms with Crippen LogP contribution in [0.1, 0.15) is 44.6 Å². The molecule has 0 radical (unpaired) electrons. The van der Waals surface area contributed by atoms with Crippen LogP contribution < -0.4 is 5.32 Å². The van der Waals surface area contributed by atoms with Gasteiger partial charge in [-0.05, 0) is 55.2 Å². The number of ether oxygens (including phenoxy) is 1. The van der Waals surface area contributed by atoms with E-state index in [1.165, 1.54) is 18.9 Å². The second-order valence-corrected chi connectivity index (χ2v) is 7.20. The Kier molecular flexibility index (Phi) is 5.00. The van der Waals surface area contributed by atoms with Crippen molar-refractivity contribution in [2.45, 2.75) is 44.4 Å². The first-order chi connectivity index (χ1) is 11.1. The largest absolute Gasteiger partial charge is 0.381 e. The minimum atomic E-state index is -0.220. The third-order valence-electron chi connectivity index (χ3n) is 5.44. The number of hydrogen-bond acceptors (Lipinski definition) is 2. The Bertz CT molecular complexity index is 550. The van der Waals surface area contributed by atoms with Crippen LogP contribution >= 0.6 is 0 Å². The Labute approximate surface area is 137 Å². The summed E-state index contributed by atoms with van der Waals surface area (Å²) in [6.45, 7) is 4.04. The number of benzene rings is 1. The van der Waals surface area contributed by atoms with E-state index in [4.69, 9.17) is 4.74 Å². The molecular weight excluding hydrogens is 293 g/mol. The van der Waals surface area contributed by atoms with Crippen LogP contribution in [-0.4, -0.2) is 25.7 Å². The van der Waals surface area contributed by atoms with Crippen LogP contribution in [0.2, 0.25) is 0 Å². The molecule has 1 N–H and O–H groups in total. The summed E-state index contributed by atoms with van der Waals surface area (Å²) in [6, 6.07) is 6.78. The lowest BCUT2D eigenvalue weighted by atomic mass is 9.74. The van der Waals surface area contributed by atoms with E-state index in [0.29, 0.717) is 32.1 Å². The summed E-state index contributed by atoms with van der Waals surface area (Å²) < 4.78 is 19.1. The Balaban J connectivity index is 1.65. The Morgan fingerprint density at radius 3 is 2.78 bits per heavy atom. The zero-order valence-electron chi connectivity index (χ0n) is 13.8. The Morgan fingerprint density at radius 2 is 2.13 bits per heavy atom. The van der Waals surface area contributed by atoms with E-state index in [2.05, 4.69) is 12.2 Å². The molecule has 1 heterocycles. The lowest BCUT2D eigenvalue weighted by molar-refractivity contribution is -0.122. The topological polar surface area (TPSA) is 38.3 Å². The number of carbonyl (C=O) groups is 1. The van der Waals surface area contributed by atoms with Crippen LogP contribution in [-0.2, 0) is 14.9 Å². The van der Waals surface area contributed by atoms with E-state index in [1.807, 2.05) is 6.07 Å². The molecular formula is C19H26FNO2. The predicted molar refractivity (Wildman–Crippen MR) is 87.6 cm³/mol. The van der Waals surface area contributed by atoms with Gasteiger partial charge in [-0.15, -0.1) is 0 Å². The quantitative estimate of drug-likeness (QED) is 0.872. The highest BCUT2D eigenvalue weighted by Crippen LogP contribution is 2.38. The first kappa shape index (κ1) is 16.4. The summed E-state index contributed by atoms with van der Waals surface area (Å²) in [7, 11) is 0. The van der Waals surface area contributed by atoms with Crippen LogP contribution in [0, 0.1) is 17.7 Å². The van der Waals surface area contributed by atoms with E-state index >= 15 is 0 Å². The smallest absolute Gasteiger partial charge is 0.220 e. The maximum atomic E-state index is 13.6. The molecule has 1 aromatic carbocycles. The number of rotatable bonds is 6. The standard InChI is InChI=1S/C19H26FNO2/c1-14(15-5-6-15)11-18(22)21-13-19(7-9-23-10-8-19)16-3-2-4-17(20)12-16/h2-4,12,14-15H,5-11,13H2,1H3,(H,21,22)/t14-/m1/s1. The first-order valence-corrected chi connectivity index (χ1v) is 8.70. The van der Waals surface area contributed by atoms with Gasteiger partial charge in [0.15, 0.2) is 0 Å². The maximum absolute atomic E-state index is 13.6. The summed E-state index contributed by atoms with van der Waals surface area (Å²) in [5, 5.41) is 3.11. The van der Waals surface area contributed by atoms with Crippen molar-refractivity contribution in [3.63, 3.8) is 0 Å².